The summed E-state index contributed by atoms with van der Waals surface area (Å²) < 4.78 is 1.56. The normalized spacial score (nSPS) is 13.0. The minimum Gasteiger partial charge on any atom is -0.298 e. The van der Waals surface area contributed by atoms with Gasteiger partial charge in [-0.15, -0.1) is 5.10 Å². The molecule has 0 aliphatic rings. The molecule has 0 saturated carbocycles. The Morgan fingerprint density at radius 3 is 2.65 bits per heavy atom. The molecule has 0 bridgehead atoms. The van der Waals surface area contributed by atoms with Crippen LogP contribution in [0.5, 0.6) is 0 Å². The van der Waals surface area contributed by atoms with Gasteiger partial charge in [0.25, 0.3) is 0 Å². The smallest absolute Gasteiger partial charge is 0.298 e. The summed E-state index contributed by atoms with van der Waals surface area (Å²) in [6, 6.07) is 0.0439. The number of thioether (sulfide) groups is 1. The molecular formula is C11H19N3O2S. The van der Waals surface area contributed by atoms with Crippen molar-refractivity contribution in [3.63, 3.8) is 0 Å². The van der Waals surface area contributed by atoms with Crippen molar-refractivity contribution in [2.75, 3.05) is 5.75 Å². The maximum atomic E-state index is 11.7. The third-order valence-corrected chi connectivity index (χ3v) is 3.67. The molecule has 1 rings (SSSR count). The first-order valence-corrected chi connectivity index (χ1v) is 6.78. The third kappa shape index (κ3) is 3.46. The Balaban J connectivity index is 2.70. The fraction of sp³-hybridized carbons (Fsp3) is 0.727. The molecule has 0 aliphatic carbocycles. The zero-order valence-electron chi connectivity index (χ0n) is 10.7. The van der Waals surface area contributed by atoms with E-state index in [9.17, 15) is 9.59 Å². The van der Waals surface area contributed by atoms with E-state index in [2.05, 4.69) is 10.2 Å². The lowest BCUT2D eigenvalue weighted by molar-refractivity contribution is -0.119. The second-order valence-electron chi connectivity index (χ2n) is 4.34. The van der Waals surface area contributed by atoms with Gasteiger partial charge in [-0.1, -0.05) is 25.6 Å². The number of nitrogens with zero attached hydrogens (tertiary/aromatic N) is 2. The van der Waals surface area contributed by atoms with Gasteiger partial charge in [0.05, 0.1) is 5.75 Å². The predicted octanol–water partition coefficient (Wildman–Crippen LogP) is 1.86. The summed E-state index contributed by atoms with van der Waals surface area (Å²) in [5.41, 5.74) is -0.224. The van der Waals surface area contributed by atoms with E-state index in [4.69, 9.17) is 0 Å². The molecule has 0 aliphatic heterocycles. The Hall–Kier alpha value is -1.04. The molecule has 96 valence electrons. The molecule has 0 fully saturated rings. The summed E-state index contributed by atoms with van der Waals surface area (Å²) in [7, 11) is 0. The highest BCUT2D eigenvalue weighted by molar-refractivity contribution is 7.99. The summed E-state index contributed by atoms with van der Waals surface area (Å²) in [6.07, 6.45) is 0.844. The molecule has 0 saturated heterocycles. The number of ketones is 1. The van der Waals surface area contributed by atoms with E-state index in [1.807, 2.05) is 27.7 Å². The zero-order valence-corrected chi connectivity index (χ0v) is 11.5. The molecule has 0 spiro atoms. The fourth-order valence-corrected chi connectivity index (χ4v) is 2.45. The minimum absolute atomic E-state index is 0.0439. The van der Waals surface area contributed by atoms with E-state index in [1.54, 1.807) is 4.57 Å². The van der Waals surface area contributed by atoms with E-state index in [1.165, 1.54) is 11.8 Å². The SMILES string of the molecule is CCC(C)C(=O)CSc1n[nH]c(=O)n1C(C)C. The number of aromatic amines is 1. The highest BCUT2D eigenvalue weighted by Crippen LogP contribution is 2.18. The number of hydrogen-bond donors (Lipinski definition) is 1. The maximum Gasteiger partial charge on any atom is 0.344 e. The average Bonchev–Trinajstić information content (AvgIpc) is 2.66. The van der Waals surface area contributed by atoms with Crippen molar-refractivity contribution in [1.82, 2.24) is 14.8 Å². The van der Waals surface area contributed by atoms with Gasteiger partial charge >= 0.3 is 5.69 Å². The lowest BCUT2D eigenvalue weighted by Gasteiger charge is -2.09. The number of carbonyl (C=O) groups is 1. The molecule has 1 aromatic heterocycles. The van der Waals surface area contributed by atoms with Crippen LogP contribution in [-0.2, 0) is 4.79 Å². The average molecular weight is 257 g/mol. The molecular weight excluding hydrogens is 238 g/mol. The van der Waals surface area contributed by atoms with Gasteiger partial charge < -0.3 is 0 Å². The highest BCUT2D eigenvalue weighted by atomic mass is 32.2. The first-order chi connectivity index (χ1) is 7.97. The van der Waals surface area contributed by atoms with Gasteiger partial charge in [-0.3, -0.25) is 9.36 Å². The number of H-pyrrole nitrogens is 1. The van der Waals surface area contributed by atoms with Crippen molar-refractivity contribution < 1.29 is 4.79 Å². The van der Waals surface area contributed by atoms with Crippen molar-refractivity contribution in [3.8, 4) is 0 Å². The second-order valence-corrected chi connectivity index (χ2v) is 5.28. The summed E-state index contributed by atoms with van der Waals surface area (Å²) in [6.45, 7) is 7.74. The Bertz CT molecular complexity index is 436. The van der Waals surface area contributed by atoms with Gasteiger partial charge in [0.15, 0.2) is 5.16 Å². The van der Waals surface area contributed by atoms with Crippen molar-refractivity contribution in [3.05, 3.63) is 10.5 Å². The largest absolute Gasteiger partial charge is 0.344 e. The van der Waals surface area contributed by atoms with E-state index in [0.29, 0.717) is 10.9 Å². The Labute approximate surface area is 105 Å². The van der Waals surface area contributed by atoms with Gasteiger partial charge in [0.1, 0.15) is 5.78 Å². The molecule has 5 nitrogen and oxygen atoms in total. The standard InChI is InChI=1S/C11H19N3O2S/c1-5-8(4)9(15)6-17-11-13-12-10(16)14(11)7(2)3/h7-8H,5-6H2,1-4H3,(H,12,16). The summed E-state index contributed by atoms with van der Waals surface area (Å²) in [5.74, 6) is 0.635. The third-order valence-electron chi connectivity index (χ3n) is 2.69. The molecule has 1 N–H and O–H groups in total. The van der Waals surface area contributed by atoms with Crippen LogP contribution in [0.15, 0.2) is 9.95 Å². The lowest BCUT2D eigenvalue weighted by Crippen LogP contribution is -2.20. The van der Waals surface area contributed by atoms with Crippen molar-refractivity contribution in [1.29, 1.82) is 0 Å². The van der Waals surface area contributed by atoms with Crippen molar-refractivity contribution in [2.45, 2.75) is 45.3 Å². The van der Waals surface area contributed by atoms with Crippen LogP contribution in [0.1, 0.15) is 40.2 Å². The number of hydrogen-bond acceptors (Lipinski definition) is 4. The lowest BCUT2D eigenvalue weighted by atomic mass is 10.1. The van der Waals surface area contributed by atoms with Crippen LogP contribution >= 0.6 is 11.8 Å². The quantitative estimate of drug-likeness (QED) is 0.790. The molecule has 1 heterocycles. The topological polar surface area (TPSA) is 67.8 Å². The fourth-order valence-electron chi connectivity index (χ4n) is 1.35. The molecule has 1 unspecified atom stereocenters. The number of carbonyl (C=O) groups excluding carboxylic acids is 1. The van der Waals surface area contributed by atoms with Crippen LogP contribution in [0.25, 0.3) is 0 Å². The summed E-state index contributed by atoms with van der Waals surface area (Å²) >= 11 is 1.32. The van der Waals surface area contributed by atoms with Gasteiger partial charge in [-0.2, -0.15) is 0 Å². The molecule has 0 amide bonds. The summed E-state index contributed by atoms with van der Waals surface area (Å²) in [5, 5.41) is 6.93. The van der Waals surface area contributed by atoms with Gasteiger partial charge in [-0.05, 0) is 20.3 Å². The van der Waals surface area contributed by atoms with Gasteiger partial charge in [0.2, 0.25) is 0 Å². The number of nitrogens with one attached hydrogen (secondary N) is 1. The van der Waals surface area contributed by atoms with E-state index < -0.39 is 0 Å². The van der Waals surface area contributed by atoms with Crippen LogP contribution in [0.2, 0.25) is 0 Å². The first kappa shape index (κ1) is 14.0. The number of Topliss-reactive ketones (excluding diaryl/α,β-unsaturated/α-hetero) is 1. The van der Waals surface area contributed by atoms with Crippen LogP contribution in [-0.4, -0.2) is 26.3 Å². The van der Waals surface area contributed by atoms with Gasteiger partial charge in [0, 0.05) is 12.0 Å². The van der Waals surface area contributed by atoms with Crippen LogP contribution in [0.4, 0.5) is 0 Å². The maximum absolute atomic E-state index is 11.7. The second kappa shape index (κ2) is 6.05. The molecule has 1 atom stereocenters. The highest BCUT2D eigenvalue weighted by Gasteiger charge is 2.15. The van der Waals surface area contributed by atoms with Gasteiger partial charge in [-0.25, -0.2) is 9.89 Å². The molecule has 0 radical (unpaired) electrons. The zero-order chi connectivity index (χ0) is 13.0. The Morgan fingerprint density at radius 2 is 2.12 bits per heavy atom. The van der Waals surface area contributed by atoms with Crippen LogP contribution < -0.4 is 5.69 Å². The van der Waals surface area contributed by atoms with Crippen LogP contribution in [0, 0.1) is 5.92 Å². The molecule has 17 heavy (non-hydrogen) atoms. The number of rotatable bonds is 6. The molecule has 1 aromatic rings. The monoisotopic (exact) mass is 257 g/mol. The number of aromatic nitrogens is 3. The van der Waals surface area contributed by atoms with Crippen LogP contribution in [0.3, 0.4) is 0 Å². The van der Waals surface area contributed by atoms with E-state index in [0.717, 1.165) is 6.42 Å². The Morgan fingerprint density at radius 1 is 1.47 bits per heavy atom. The van der Waals surface area contributed by atoms with E-state index in [-0.39, 0.29) is 23.4 Å². The van der Waals surface area contributed by atoms with Crippen molar-refractivity contribution in [2.24, 2.45) is 5.92 Å². The minimum atomic E-state index is -0.224. The molecule has 6 heteroatoms. The van der Waals surface area contributed by atoms with Crippen molar-refractivity contribution >= 4 is 17.5 Å². The molecule has 0 aromatic carbocycles. The van der Waals surface area contributed by atoms with E-state index >= 15 is 0 Å². The summed E-state index contributed by atoms with van der Waals surface area (Å²) in [4.78, 5) is 23.2. The predicted molar refractivity (Wildman–Crippen MR) is 68.4 cm³/mol. The Kier molecular flexibility index (Phi) is 4.99. The first-order valence-electron chi connectivity index (χ1n) is 5.79.